The molecule has 3 aromatic rings. The topological polar surface area (TPSA) is 108 Å². The Hall–Kier alpha value is -3.20. The summed E-state index contributed by atoms with van der Waals surface area (Å²) in [7, 11) is 0. The van der Waals surface area contributed by atoms with Crippen molar-refractivity contribution in [2.75, 3.05) is 0 Å². The van der Waals surface area contributed by atoms with E-state index in [2.05, 4.69) is 10.2 Å². The maximum atomic E-state index is 12.5. The van der Waals surface area contributed by atoms with Crippen molar-refractivity contribution in [3.8, 4) is 11.5 Å². The van der Waals surface area contributed by atoms with E-state index in [1.807, 2.05) is 24.3 Å². The third-order valence-corrected chi connectivity index (χ3v) is 5.61. The van der Waals surface area contributed by atoms with E-state index in [1.54, 1.807) is 6.92 Å². The number of thioether (sulfide) groups is 1. The number of esters is 1. The Labute approximate surface area is 164 Å². The third-order valence-electron chi connectivity index (χ3n) is 4.32. The Bertz CT molecular complexity index is 1010. The van der Waals surface area contributed by atoms with E-state index in [0.29, 0.717) is 12.0 Å². The zero-order valence-corrected chi connectivity index (χ0v) is 15.6. The number of aromatic nitrogens is 2. The Morgan fingerprint density at radius 3 is 2.71 bits per heavy atom. The van der Waals surface area contributed by atoms with Crippen molar-refractivity contribution < 1.29 is 18.9 Å². The molecule has 1 aromatic heterocycles. The number of nitro benzene ring substituents is 1. The standard InChI is InChI=1S/C19H15N3O5S/c1-11(26-19(23)16-10-13-4-2-3-5-15(13)28-16)17-20-21-18(27-17)12-6-8-14(9-7-12)22(24)25/h2-9,11,16H,10H2,1H3. The van der Waals surface area contributed by atoms with Gasteiger partial charge < -0.3 is 9.15 Å². The van der Waals surface area contributed by atoms with Gasteiger partial charge in [-0.2, -0.15) is 0 Å². The Balaban J connectivity index is 1.41. The van der Waals surface area contributed by atoms with Gasteiger partial charge >= 0.3 is 5.97 Å². The molecule has 0 radical (unpaired) electrons. The molecule has 1 aliphatic rings. The van der Waals surface area contributed by atoms with E-state index in [0.717, 1.165) is 10.5 Å². The number of nitrogens with zero attached hydrogens (tertiary/aromatic N) is 3. The summed E-state index contributed by atoms with van der Waals surface area (Å²) >= 11 is 1.49. The average Bonchev–Trinajstić information content (AvgIpc) is 3.35. The molecule has 0 amide bonds. The summed E-state index contributed by atoms with van der Waals surface area (Å²) < 4.78 is 11.1. The normalized spacial score (nSPS) is 16.4. The summed E-state index contributed by atoms with van der Waals surface area (Å²) in [6, 6.07) is 13.7. The predicted octanol–water partition coefficient (Wildman–Crippen LogP) is 3.97. The molecule has 8 nitrogen and oxygen atoms in total. The molecule has 28 heavy (non-hydrogen) atoms. The molecule has 0 spiro atoms. The lowest BCUT2D eigenvalue weighted by molar-refractivity contribution is -0.384. The van der Waals surface area contributed by atoms with Crippen LogP contribution in [0.4, 0.5) is 5.69 Å². The van der Waals surface area contributed by atoms with Crippen molar-refractivity contribution in [1.82, 2.24) is 10.2 Å². The van der Waals surface area contributed by atoms with Crippen LogP contribution >= 0.6 is 11.8 Å². The number of carbonyl (C=O) groups excluding carboxylic acids is 1. The van der Waals surface area contributed by atoms with Crippen molar-refractivity contribution in [3.63, 3.8) is 0 Å². The monoisotopic (exact) mass is 397 g/mol. The van der Waals surface area contributed by atoms with Gasteiger partial charge in [-0.25, -0.2) is 0 Å². The van der Waals surface area contributed by atoms with Gasteiger partial charge in [0.15, 0.2) is 6.10 Å². The van der Waals surface area contributed by atoms with Crippen LogP contribution < -0.4 is 0 Å². The first-order valence-electron chi connectivity index (χ1n) is 8.54. The predicted molar refractivity (Wildman–Crippen MR) is 101 cm³/mol. The van der Waals surface area contributed by atoms with Gasteiger partial charge in [0.05, 0.1) is 4.92 Å². The van der Waals surface area contributed by atoms with Crippen molar-refractivity contribution in [3.05, 3.63) is 70.1 Å². The van der Waals surface area contributed by atoms with Crippen molar-refractivity contribution >= 4 is 23.4 Å². The van der Waals surface area contributed by atoms with E-state index in [-0.39, 0.29) is 28.7 Å². The molecule has 0 saturated carbocycles. The molecule has 0 aliphatic carbocycles. The van der Waals surface area contributed by atoms with Gasteiger partial charge in [0.25, 0.3) is 11.6 Å². The fourth-order valence-electron chi connectivity index (χ4n) is 2.86. The lowest BCUT2D eigenvalue weighted by atomic mass is 10.1. The van der Waals surface area contributed by atoms with Crippen LogP contribution in [0, 0.1) is 10.1 Å². The van der Waals surface area contributed by atoms with Crippen LogP contribution in [0.1, 0.15) is 24.5 Å². The van der Waals surface area contributed by atoms with Crippen LogP contribution in [-0.4, -0.2) is 26.3 Å². The zero-order valence-electron chi connectivity index (χ0n) is 14.8. The van der Waals surface area contributed by atoms with Gasteiger partial charge in [-0.05, 0) is 37.1 Å². The van der Waals surface area contributed by atoms with E-state index in [1.165, 1.54) is 36.0 Å². The molecule has 9 heteroatoms. The smallest absolute Gasteiger partial charge is 0.320 e. The highest BCUT2D eigenvalue weighted by Gasteiger charge is 2.31. The number of non-ortho nitro benzene ring substituents is 1. The lowest BCUT2D eigenvalue weighted by Crippen LogP contribution is -2.21. The maximum absolute atomic E-state index is 12.5. The first kappa shape index (κ1) is 18.2. The number of ether oxygens (including phenoxy) is 1. The molecule has 4 rings (SSSR count). The second-order valence-electron chi connectivity index (χ2n) is 6.25. The van der Waals surface area contributed by atoms with E-state index < -0.39 is 11.0 Å². The number of nitro groups is 1. The molecule has 2 heterocycles. The highest BCUT2D eigenvalue weighted by Crippen LogP contribution is 2.38. The molecule has 2 atom stereocenters. The van der Waals surface area contributed by atoms with Crippen LogP contribution in [-0.2, 0) is 16.0 Å². The highest BCUT2D eigenvalue weighted by atomic mass is 32.2. The molecule has 0 saturated heterocycles. The zero-order chi connectivity index (χ0) is 19.7. The number of fused-ring (bicyclic) bond motifs is 1. The van der Waals surface area contributed by atoms with Gasteiger partial charge in [0.1, 0.15) is 5.25 Å². The number of benzene rings is 2. The molecule has 142 valence electrons. The first-order chi connectivity index (χ1) is 13.5. The van der Waals surface area contributed by atoms with Gasteiger partial charge in [0, 0.05) is 22.6 Å². The molecule has 2 aromatic carbocycles. The van der Waals surface area contributed by atoms with Crippen LogP contribution in [0.2, 0.25) is 0 Å². The SMILES string of the molecule is CC(OC(=O)C1Cc2ccccc2S1)c1nnc(-c2ccc([N+](=O)[O-])cc2)o1. The fourth-order valence-corrected chi connectivity index (χ4v) is 4.04. The number of hydrogen-bond acceptors (Lipinski definition) is 8. The van der Waals surface area contributed by atoms with Crippen LogP contribution in [0.5, 0.6) is 0 Å². The minimum atomic E-state index is -0.698. The number of carbonyl (C=O) groups is 1. The third kappa shape index (κ3) is 3.61. The maximum Gasteiger partial charge on any atom is 0.320 e. The Morgan fingerprint density at radius 1 is 1.25 bits per heavy atom. The molecule has 1 aliphatic heterocycles. The second-order valence-corrected chi connectivity index (χ2v) is 7.49. The summed E-state index contributed by atoms with van der Waals surface area (Å²) in [5.41, 5.74) is 1.66. The largest absolute Gasteiger partial charge is 0.452 e. The summed E-state index contributed by atoms with van der Waals surface area (Å²) in [5.74, 6) is 0.0430. The van der Waals surface area contributed by atoms with Crippen molar-refractivity contribution in [2.45, 2.75) is 29.6 Å². The lowest BCUT2D eigenvalue weighted by Gasteiger charge is -2.12. The van der Waals surface area contributed by atoms with Crippen molar-refractivity contribution in [1.29, 1.82) is 0 Å². The van der Waals surface area contributed by atoms with E-state index in [9.17, 15) is 14.9 Å². The van der Waals surface area contributed by atoms with Crippen molar-refractivity contribution in [2.24, 2.45) is 0 Å². The number of hydrogen-bond donors (Lipinski definition) is 0. The fraction of sp³-hybridized carbons (Fsp3) is 0.211. The van der Waals surface area contributed by atoms with Gasteiger partial charge in [-0.15, -0.1) is 22.0 Å². The molecular formula is C19H15N3O5S. The summed E-state index contributed by atoms with van der Waals surface area (Å²) in [5, 5.41) is 18.3. The molecule has 2 unspecified atom stereocenters. The van der Waals surface area contributed by atoms with Gasteiger partial charge in [-0.1, -0.05) is 18.2 Å². The van der Waals surface area contributed by atoms with Crippen LogP contribution in [0.25, 0.3) is 11.5 Å². The van der Waals surface area contributed by atoms with Gasteiger partial charge in [-0.3, -0.25) is 14.9 Å². The average molecular weight is 397 g/mol. The molecular weight excluding hydrogens is 382 g/mol. The van der Waals surface area contributed by atoms with Crippen LogP contribution in [0.15, 0.2) is 57.8 Å². The summed E-state index contributed by atoms with van der Waals surface area (Å²) in [6.45, 7) is 1.66. The highest BCUT2D eigenvalue weighted by molar-refractivity contribution is 8.01. The summed E-state index contributed by atoms with van der Waals surface area (Å²) in [6.07, 6.45) is -0.0688. The van der Waals surface area contributed by atoms with E-state index in [4.69, 9.17) is 9.15 Å². The molecule has 0 N–H and O–H groups in total. The second kappa shape index (κ2) is 7.43. The molecule has 0 fully saturated rings. The quantitative estimate of drug-likeness (QED) is 0.361. The van der Waals surface area contributed by atoms with Crippen LogP contribution in [0.3, 0.4) is 0 Å². The molecule has 0 bridgehead atoms. The minimum absolute atomic E-state index is 0.0270. The minimum Gasteiger partial charge on any atom is -0.452 e. The number of rotatable bonds is 5. The Kier molecular flexibility index (Phi) is 4.82. The summed E-state index contributed by atoms with van der Waals surface area (Å²) in [4.78, 5) is 23.8. The first-order valence-corrected chi connectivity index (χ1v) is 9.42. The van der Waals surface area contributed by atoms with E-state index >= 15 is 0 Å². The van der Waals surface area contributed by atoms with Gasteiger partial charge in [0.2, 0.25) is 5.89 Å². The Morgan fingerprint density at radius 2 is 2.00 bits per heavy atom.